The molecule has 2 heterocycles. The number of piperazine rings is 1. The van der Waals surface area contributed by atoms with E-state index in [4.69, 9.17) is 10.5 Å². The largest absolute Gasteiger partial charge is 0.444 e. The van der Waals surface area contributed by atoms with Crippen LogP contribution in [0.25, 0.3) is 0 Å². The Kier molecular flexibility index (Phi) is 5.29. The van der Waals surface area contributed by atoms with Crippen molar-refractivity contribution < 1.29 is 22.7 Å². The fourth-order valence-electron chi connectivity index (χ4n) is 3.96. The van der Waals surface area contributed by atoms with Gasteiger partial charge in [0.25, 0.3) is 0 Å². The highest BCUT2D eigenvalue weighted by Gasteiger charge is 2.45. The predicted octanol–water partition coefficient (Wildman–Crippen LogP) is 3.19. The van der Waals surface area contributed by atoms with Crippen molar-refractivity contribution in [3.8, 4) is 0 Å². The van der Waals surface area contributed by atoms with E-state index in [2.05, 4.69) is 0 Å². The van der Waals surface area contributed by atoms with Gasteiger partial charge in [-0.1, -0.05) is 0 Å². The summed E-state index contributed by atoms with van der Waals surface area (Å²) in [5.74, 6) is -3.05. The predicted molar refractivity (Wildman–Crippen MR) is 96.2 cm³/mol. The molecule has 5 nitrogen and oxygen atoms in total. The molecule has 0 spiro atoms. The number of anilines is 1. The topological polar surface area (TPSA) is 58.8 Å². The van der Waals surface area contributed by atoms with Crippen molar-refractivity contribution in [3.63, 3.8) is 0 Å². The fraction of sp³-hybridized carbons (Fsp3) is 0.632. The molecule has 1 aromatic carbocycles. The summed E-state index contributed by atoms with van der Waals surface area (Å²) in [6.07, 6.45) is 1.09. The summed E-state index contributed by atoms with van der Waals surface area (Å²) >= 11 is 0. The van der Waals surface area contributed by atoms with Gasteiger partial charge in [-0.05, 0) is 58.2 Å². The van der Waals surface area contributed by atoms with Gasteiger partial charge in [0.1, 0.15) is 17.1 Å². The van der Waals surface area contributed by atoms with Crippen molar-refractivity contribution in [1.29, 1.82) is 0 Å². The van der Waals surface area contributed by atoms with Gasteiger partial charge in [-0.2, -0.15) is 0 Å². The summed E-state index contributed by atoms with van der Waals surface area (Å²) in [7, 11) is 0. The lowest BCUT2D eigenvalue weighted by Crippen LogP contribution is -2.57. The first kappa shape index (κ1) is 19.8. The van der Waals surface area contributed by atoms with Gasteiger partial charge in [0.2, 0.25) is 0 Å². The SMILES string of the molecule is CC(C)(C)OC(=O)N1C2CCC1CN(c1c(F)cc(CCN)c(F)c1F)C2. The molecule has 1 amide bonds. The zero-order valence-electron chi connectivity index (χ0n) is 15.9. The number of benzene rings is 1. The van der Waals surface area contributed by atoms with E-state index in [1.807, 2.05) is 0 Å². The number of nitrogens with two attached hydrogens (primary N) is 1. The van der Waals surface area contributed by atoms with Crippen LogP contribution in [-0.2, 0) is 11.2 Å². The maximum absolute atomic E-state index is 14.6. The number of carbonyl (C=O) groups is 1. The molecule has 2 unspecified atom stereocenters. The molecule has 2 aliphatic rings. The number of carbonyl (C=O) groups excluding carboxylic acids is 1. The smallest absolute Gasteiger partial charge is 0.410 e. The Morgan fingerprint density at radius 2 is 1.78 bits per heavy atom. The Labute approximate surface area is 157 Å². The van der Waals surface area contributed by atoms with Gasteiger partial charge in [-0.3, -0.25) is 4.90 Å². The molecule has 150 valence electrons. The van der Waals surface area contributed by atoms with Crippen LogP contribution in [0, 0.1) is 17.5 Å². The van der Waals surface area contributed by atoms with Gasteiger partial charge in [0.15, 0.2) is 11.6 Å². The van der Waals surface area contributed by atoms with E-state index < -0.39 is 29.1 Å². The van der Waals surface area contributed by atoms with E-state index in [0.29, 0.717) is 0 Å². The number of hydrogen-bond donors (Lipinski definition) is 1. The monoisotopic (exact) mass is 385 g/mol. The van der Waals surface area contributed by atoms with E-state index in [1.54, 1.807) is 25.7 Å². The Morgan fingerprint density at radius 3 is 2.30 bits per heavy atom. The molecule has 2 atom stereocenters. The summed E-state index contributed by atoms with van der Waals surface area (Å²) in [5.41, 5.74) is 4.32. The summed E-state index contributed by atoms with van der Waals surface area (Å²) in [6.45, 7) is 5.95. The molecule has 2 aliphatic heterocycles. The van der Waals surface area contributed by atoms with E-state index in [1.165, 1.54) is 4.90 Å². The minimum absolute atomic E-state index is 0.0633. The molecule has 2 bridgehead atoms. The standard InChI is InChI=1S/C19H26F3N3O2/c1-19(2,3)27-18(26)25-12-4-5-13(25)10-24(9-12)17-14(20)8-11(6-7-23)15(21)16(17)22/h8,12-13H,4-7,9-10,23H2,1-3H3. The molecule has 2 fully saturated rings. The molecule has 2 saturated heterocycles. The van der Waals surface area contributed by atoms with Crippen LogP contribution in [-0.4, -0.2) is 48.3 Å². The normalized spacial score (nSPS) is 22.3. The maximum atomic E-state index is 14.6. The quantitative estimate of drug-likeness (QED) is 0.812. The van der Waals surface area contributed by atoms with E-state index >= 15 is 0 Å². The second kappa shape index (κ2) is 7.22. The van der Waals surface area contributed by atoms with Crippen molar-refractivity contribution >= 4 is 11.8 Å². The molecule has 0 saturated carbocycles. The summed E-state index contributed by atoms with van der Waals surface area (Å²) in [5, 5.41) is 0. The lowest BCUT2D eigenvalue weighted by Gasteiger charge is -2.42. The molecule has 27 heavy (non-hydrogen) atoms. The van der Waals surface area contributed by atoms with Crippen LogP contribution >= 0.6 is 0 Å². The highest BCUT2D eigenvalue weighted by atomic mass is 19.2. The highest BCUT2D eigenvalue weighted by Crippen LogP contribution is 2.36. The van der Waals surface area contributed by atoms with Crippen LogP contribution in [0.1, 0.15) is 39.2 Å². The van der Waals surface area contributed by atoms with Crippen molar-refractivity contribution in [2.75, 3.05) is 24.5 Å². The van der Waals surface area contributed by atoms with Crippen LogP contribution in [0.4, 0.5) is 23.7 Å². The first-order chi connectivity index (χ1) is 12.6. The van der Waals surface area contributed by atoms with Gasteiger partial charge in [-0.25, -0.2) is 18.0 Å². The molecule has 1 aromatic rings. The van der Waals surface area contributed by atoms with Gasteiger partial charge < -0.3 is 15.4 Å². The molecular weight excluding hydrogens is 359 g/mol. The number of hydrogen-bond acceptors (Lipinski definition) is 4. The molecule has 8 heteroatoms. The molecule has 0 radical (unpaired) electrons. The highest BCUT2D eigenvalue weighted by molar-refractivity contribution is 5.70. The number of nitrogens with zero attached hydrogens (tertiary/aromatic N) is 2. The van der Waals surface area contributed by atoms with Crippen LogP contribution in [0.5, 0.6) is 0 Å². The molecule has 2 N–H and O–H groups in total. The average molecular weight is 385 g/mol. The fourth-order valence-corrected chi connectivity index (χ4v) is 3.96. The summed E-state index contributed by atoms with van der Waals surface area (Å²) in [4.78, 5) is 15.7. The Morgan fingerprint density at radius 1 is 1.19 bits per heavy atom. The van der Waals surface area contributed by atoms with Gasteiger partial charge in [0, 0.05) is 13.1 Å². The first-order valence-corrected chi connectivity index (χ1v) is 9.25. The van der Waals surface area contributed by atoms with Crippen molar-refractivity contribution in [3.05, 3.63) is 29.1 Å². The second-order valence-corrected chi connectivity index (χ2v) is 8.21. The first-order valence-electron chi connectivity index (χ1n) is 9.25. The third-order valence-electron chi connectivity index (χ3n) is 5.03. The van der Waals surface area contributed by atoms with E-state index in [9.17, 15) is 18.0 Å². The van der Waals surface area contributed by atoms with E-state index in [0.717, 1.165) is 18.9 Å². The Hall–Kier alpha value is -1.96. The lowest BCUT2D eigenvalue weighted by molar-refractivity contribution is 0.0122. The van der Waals surface area contributed by atoms with Crippen molar-refractivity contribution in [1.82, 2.24) is 4.90 Å². The molecular formula is C19H26F3N3O2. The third-order valence-corrected chi connectivity index (χ3v) is 5.03. The zero-order chi connectivity index (χ0) is 19.9. The third kappa shape index (κ3) is 3.85. The average Bonchev–Trinajstić information content (AvgIpc) is 2.82. The number of rotatable bonds is 3. The van der Waals surface area contributed by atoms with Gasteiger partial charge >= 0.3 is 6.09 Å². The van der Waals surface area contributed by atoms with Crippen LogP contribution in [0.3, 0.4) is 0 Å². The van der Waals surface area contributed by atoms with Crippen molar-refractivity contribution in [2.24, 2.45) is 5.73 Å². The zero-order valence-corrected chi connectivity index (χ0v) is 15.9. The lowest BCUT2D eigenvalue weighted by atomic mass is 10.1. The number of amides is 1. The summed E-state index contributed by atoms with van der Waals surface area (Å²) in [6, 6.07) is 0.580. The molecule has 0 aromatic heterocycles. The minimum atomic E-state index is -1.19. The second-order valence-electron chi connectivity index (χ2n) is 8.21. The van der Waals surface area contributed by atoms with Gasteiger partial charge in [0.05, 0.1) is 12.1 Å². The van der Waals surface area contributed by atoms with Crippen molar-refractivity contribution in [2.45, 2.75) is 57.7 Å². The Balaban J connectivity index is 1.83. The summed E-state index contributed by atoms with van der Waals surface area (Å²) < 4.78 is 48.9. The van der Waals surface area contributed by atoms with Crippen LogP contribution in [0.2, 0.25) is 0 Å². The van der Waals surface area contributed by atoms with E-state index in [-0.39, 0.29) is 49.4 Å². The maximum Gasteiger partial charge on any atom is 0.410 e. The van der Waals surface area contributed by atoms with Crippen LogP contribution < -0.4 is 10.6 Å². The number of halogens is 3. The molecule has 3 rings (SSSR count). The molecule has 0 aliphatic carbocycles. The van der Waals surface area contributed by atoms with Crippen LogP contribution in [0.15, 0.2) is 6.07 Å². The Bertz CT molecular complexity index is 722. The number of ether oxygens (including phenoxy) is 1. The number of fused-ring (bicyclic) bond motifs is 2. The van der Waals surface area contributed by atoms with Gasteiger partial charge in [-0.15, -0.1) is 0 Å². The minimum Gasteiger partial charge on any atom is -0.444 e.